The van der Waals surface area contributed by atoms with Crippen molar-refractivity contribution >= 4 is 31.9 Å². The van der Waals surface area contributed by atoms with Gasteiger partial charge in [0.15, 0.2) is 0 Å². The summed E-state index contributed by atoms with van der Waals surface area (Å²) < 4.78 is 2.29. The Labute approximate surface area is 138 Å². The van der Waals surface area contributed by atoms with Crippen LogP contribution >= 0.6 is 31.9 Å². The van der Waals surface area contributed by atoms with Gasteiger partial charge in [-0.25, -0.2) is 0 Å². The maximum Gasteiger partial charge on any atom is 0.0588 e. The fourth-order valence-corrected chi connectivity index (χ4v) is 3.30. The van der Waals surface area contributed by atoms with Crippen molar-refractivity contribution in [2.24, 2.45) is 0 Å². The highest BCUT2D eigenvalue weighted by atomic mass is 79.9. The number of halogens is 2. The fraction of sp³-hybridized carbons (Fsp3) is 0.294. The molecular formula is C17H19Br2N. The highest BCUT2D eigenvalue weighted by Crippen LogP contribution is 2.33. The quantitative estimate of drug-likeness (QED) is 0.716. The van der Waals surface area contributed by atoms with Crippen molar-refractivity contribution in [3.05, 3.63) is 67.6 Å². The van der Waals surface area contributed by atoms with Gasteiger partial charge in [-0.15, -0.1) is 0 Å². The van der Waals surface area contributed by atoms with Gasteiger partial charge in [-0.3, -0.25) is 0 Å². The Morgan fingerprint density at radius 3 is 2.25 bits per heavy atom. The summed E-state index contributed by atoms with van der Waals surface area (Å²) in [4.78, 5) is 0. The lowest BCUT2D eigenvalue weighted by molar-refractivity contribution is 0.628. The SMILES string of the molecule is CCNC(c1ccc(C)cc1)c1cc(Br)c(C)cc1Br. The first-order chi connectivity index (χ1) is 9.52. The zero-order valence-corrected chi connectivity index (χ0v) is 15.2. The molecule has 0 saturated heterocycles. The molecule has 1 nitrogen and oxygen atoms in total. The van der Waals surface area contributed by atoms with E-state index >= 15 is 0 Å². The maximum atomic E-state index is 3.70. The molecule has 0 aliphatic rings. The van der Waals surface area contributed by atoms with Crippen molar-refractivity contribution in [3.63, 3.8) is 0 Å². The van der Waals surface area contributed by atoms with E-state index in [4.69, 9.17) is 0 Å². The third-order valence-electron chi connectivity index (χ3n) is 3.41. The van der Waals surface area contributed by atoms with Gasteiger partial charge in [-0.2, -0.15) is 0 Å². The highest BCUT2D eigenvalue weighted by molar-refractivity contribution is 9.11. The lowest BCUT2D eigenvalue weighted by Crippen LogP contribution is -2.22. The van der Waals surface area contributed by atoms with Gasteiger partial charge < -0.3 is 5.32 Å². The smallest absolute Gasteiger partial charge is 0.0588 e. The molecule has 0 fully saturated rings. The summed E-state index contributed by atoms with van der Waals surface area (Å²) in [5.74, 6) is 0. The second-order valence-electron chi connectivity index (χ2n) is 5.02. The molecule has 2 aromatic carbocycles. The molecule has 3 heteroatoms. The monoisotopic (exact) mass is 395 g/mol. The summed E-state index contributed by atoms with van der Waals surface area (Å²) in [5.41, 5.74) is 5.06. The van der Waals surface area contributed by atoms with Gasteiger partial charge in [-0.05, 0) is 49.2 Å². The van der Waals surface area contributed by atoms with Crippen LogP contribution in [0, 0.1) is 13.8 Å². The maximum absolute atomic E-state index is 3.70. The van der Waals surface area contributed by atoms with E-state index in [2.05, 4.69) is 94.3 Å². The van der Waals surface area contributed by atoms with Crippen LogP contribution in [0.4, 0.5) is 0 Å². The fourth-order valence-electron chi connectivity index (χ4n) is 2.25. The predicted molar refractivity (Wildman–Crippen MR) is 93.3 cm³/mol. The molecule has 20 heavy (non-hydrogen) atoms. The molecule has 2 aromatic rings. The molecule has 1 unspecified atom stereocenters. The molecule has 2 rings (SSSR count). The summed E-state index contributed by atoms with van der Waals surface area (Å²) in [6, 6.07) is 13.3. The van der Waals surface area contributed by atoms with Crippen LogP contribution in [-0.4, -0.2) is 6.54 Å². The molecular weight excluding hydrogens is 378 g/mol. The van der Waals surface area contributed by atoms with Crippen LogP contribution in [-0.2, 0) is 0 Å². The van der Waals surface area contributed by atoms with Gasteiger partial charge in [-0.1, -0.05) is 68.6 Å². The molecule has 0 radical (unpaired) electrons. The largest absolute Gasteiger partial charge is 0.306 e. The summed E-state index contributed by atoms with van der Waals surface area (Å²) in [5, 5.41) is 3.57. The van der Waals surface area contributed by atoms with E-state index in [0.717, 1.165) is 15.5 Å². The van der Waals surface area contributed by atoms with Gasteiger partial charge >= 0.3 is 0 Å². The van der Waals surface area contributed by atoms with Crippen LogP contribution in [0.5, 0.6) is 0 Å². The Balaban J connectivity index is 2.48. The predicted octanol–water partition coefficient (Wildman–Crippen LogP) is 5.53. The topological polar surface area (TPSA) is 12.0 Å². The summed E-state index contributed by atoms with van der Waals surface area (Å²) in [6.07, 6.45) is 0. The Morgan fingerprint density at radius 1 is 1.00 bits per heavy atom. The first kappa shape index (κ1) is 15.7. The van der Waals surface area contributed by atoms with E-state index < -0.39 is 0 Å². The van der Waals surface area contributed by atoms with Crippen LogP contribution in [0.2, 0.25) is 0 Å². The lowest BCUT2D eigenvalue weighted by Gasteiger charge is -2.21. The van der Waals surface area contributed by atoms with Crippen molar-refractivity contribution in [1.82, 2.24) is 5.32 Å². The Hall–Kier alpha value is -0.640. The molecule has 1 atom stereocenters. The van der Waals surface area contributed by atoms with Crippen molar-refractivity contribution in [3.8, 4) is 0 Å². The minimum absolute atomic E-state index is 0.201. The van der Waals surface area contributed by atoms with Gasteiger partial charge in [0.2, 0.25) is 0 Å². The molecule has 0 amide bonds. The van der Waals surface area contributed by atoms with E-state index in [9.17, 15) is 0 Å². The molecule has 106 valence electrons. The normalized spacial score (nSPS) is 12.4. The number of aryl methyl sites for hydroxylation is 2. The van der Waals surface area contributed by atoms with Crippen molar-refractivity contribution < 1.29 is 0 Å². The molecule has 0 saturated carbocycles. The van der Waals surface area contributed by atoms with Crippen LogP contribution in [0.1, 0.15) is 35.2 Å². The Bertz CT molecular complexity index is 591. The summed E-state index contributed by atoms with van der Waals surface area (Å²) in [6.45, 7) is 7.28. The van der Waals surface area contributed by atoms with Crippen LogP contribution in [0.15, 0.2) is 45.3 Å². The van der Waals surface area contributed by atoms with E-state index in [1.165, 1.54) is 22.3 Å². The van der Waals surface area contributed by atoms with Crippen LogP contribution in [0.25, 0.3) is 0 Å². The highest BCUT2D eigenvalue weighted by Gasteiger charge is 2.17. The number of benzene rings is 2. The number of hydrogen-bond acceptors (Lipinski definition) is 1. The van der Waals surface area contributed by atoms with Gasteiger partial charge in [0.05, 0.1) is 6.04 Å². The van der Waals surface area contributed by atoms with E-state index in [-0.39, 0.29) is 6.04 Å². The number of rotatable bonds is 4. The zero-order valence-electron chi connectivity index (χ0n) is 12.0. The first-order valence-electron chi connectivity index (χ1n) is 6.78. The minimum Gasteiger partial charge on any atom is -0.306 e. The molecule has 1 N–H and O–H groups in total. The van der Waals surface area contributed by atoms with Crippen molar-refractivity contribution in [1.29, 1.82) is 0 Å². The molecule has 0 bridgehead atoms. The third-order valence-corrected chi connectivity index (χ3v) is 4.95. The standard InChI is InChI=1S/C17H19Br2N/c1-4-20-17(13-7-5-11(2)6-8-13)14-10-15(18)12(3)9-16(14)19/h5-10,17,20H,4H2,1-3H3. The molecule has 0 aliphatic heterocycles. The lowest BCUT2D eigenvalue weighted by atomic mass is 9.97. The minimum atomic E-state index is 0.201. The Morgan fingerprint density at radius 2 is 1.65 bits per heavy atom. The average Bonchev–Trinajstić information content (AvgIpc) is 2.42. The average molecular weight is 397 g/mol. The second-order valence-corrected chi connectivity index (χ2v) is 6.73. The molecule has 0 aromatic heterocycles. The molecule has 0 aliphatic carbocycles. The molecule has 0 heterocycles. The van der Waals surface area contributed by atoms with E-state index in [1.807, 2.05) is 0 Å². The van der Waals surface area contributed by atoms with Gasteiger partial charge in [0.1, 0.15) is 0 Å². The van der Waals surface area contributed by atoms with Gasteiger partial charge in [0, 0.05) is 8.95 Å². The first-order valence-corrected chi connectivity index (χ1v) is 8.37. The number of hydrogen-bond donors (Lipinski definition) is 1. The van der Waals surface area contributed by atoms with E-state index in [1.54, 1.807) is 0 Å². The van der Waals surface area contributed by atoms with Crippen LogP contribution < -0.4 is 5.32 Å². The van der Waals surface area contributed by atoms with Crippen molar-refractivity contribution in [2.45, 2.75) is 26.8 Å². The second kappa shape index (κ2) is 6.88. The van der Waals surface area contributed by atoms with Crippen LogP contribution in [0.3, 0.4) is 0 Å². The Kier molecular flexibility index (Phi) is 5.42. The zero-order chi connectivity index (χ0) is 14.7. The van der Waals surface area contributed by atoms with Crippen molar-refractivity contribution in [2.75, 3.05) is 6.54 Å². The molecule has 0 spiro atoms. The van der Waals surface area contributed by atoms with Gasteiger partial charge in [0.25, 0.3) is 0 Å². The third kappa shape index (κ3) is 3.51. The number of nitrogens with one attached hydrogen (secondary N) is 1. The van der Waals surface area contributed by atoms with E-state index in [0.29, 0.717) is 0 Å². The summed E-state index contributed by atoms with van der Waals surface area (Å²) >= 11 is 7.34. The summed E-state index contributed by atoms with van der Waals surface area (Å²) in [7, 11) is 0.